The molecule has 1 unspecified atom stereocenters. The summed E-state index contributed by atoms with van der Waals surface area (Å²) >= 11 is 0. The summed E-state index contributed by atoms with van der Waals surface area (Å²) < 4.78 is 24.1. The first kappa shape index (κ1) is 18.1. The molecule has 2 N–H and O–H groups in total. The molecule has 0 fully saturated rings. The molecule has 136 valence electrons. The van der Waals surface area contributed by atoms with Crippen LogP contribution in [0.2, 0.25) is 0 Å². The largest absolute Gasteiger partial charge is 0.424 e. The number of rotatable bonds is 6. The minimum absolute atomic E-state index is 0.00200. The second kappa shape index (κ2) is 6.90. The summed E-state index contributed by atoms with van der Waals surface area (Å²) in [5, 5.41) is 0. The van der Waals surface area contributed by atoms with E-state index in [0.717, 1.165) is 4.90 Å². The number of hydrogen-bond donors (Lipinski definition) is 1. The lowest BCUT2D eigenvalue weighted by Gasteiger charge is -2.19. The van der Waals surface area contributed by atoms with Crippen molar-refractivity contribution in [2.24, 2.45) is 0 Å². The maximum absolute atomic E-state index is 13.1. The van der Waals surface area contributed by atoms with Gasteiger partial charge >= 0.3 is 7.60 Å². The van der Waals surface area contributed by atoms with Crippen LogP contribution in [0.15, 0.2) is 36.5 Å². The van der Waals surface area contributed by atoms with Crippen LogP contribution in [0.1, 0.15) is 33.2 Å². The van der Waals surface area contributed by atoms with Crippen LogP contribution in [0.3, 0.4) is 0 Å². The van der Waals surface area contributed by atoms with Gasteiger partial charge in [0, 0.05) is 13.2 Å². The Kier molecular flexibility index (Phi) is 4.80. The van der Waals surface area contributed by atoms with Crippen LogP contribution in [-0.4, -0.2) is 35.4 Å². The van der Waals surface area contributed by atoms with Crippen molar-refractivity contribution in [2.45, 2.75) is 13.1 Å². The van der Waals surface area contributed by atoms with Gasteiger partial charge in [0.1, 0.15) is 11.6 Å². The Morgan fingerprint density at radius 1 is 1.15 bits per heavy atom. The van der Waals surface area contributed by atoms with E-state index < -0.39 is 13.5 Å². The molecule has 26 heavy (non-hydrogen) atoms. The van der Waals surface area contributed by atoms with Gasteiger partial charge in [0.25, 0.3) is 11.8 Å². The Hall–Kier alpha value is -2.70. The number of carbonyl (C=O) groups excluding carboxylic acids is 2. The number of nitrogens with two attached hydrogens (primary N) is 1. The standard InChI is InChI=1S/C17H18N3O5P/c1-3-24-26(23,10-11-4-7-15(18)19-9-11)25-12-5-6-13-14(8-12)17(22)20(2)16(13)21/h4-9H,3,10H2,1-2H3,(H2,18,19). The number of hydrogen-bond acceptors (Lipinski definition) is 7. The van der Waals surface area contributed by atoms with Crippen LogP contribution in [-0.2, 0) is 15.3 Å². The Labute approximate surface area is 150 Å². The van der Waals surface area contributed by atoms with E-state index in [1.54, 1.807) is 19.1 Å². The monoisotopic (exact) mass is 375 g/mol. The molecule has 0 aliphatic carbocycles. The third-order valence-corrected chi connectivity index (χ3v) is 5.75. The van der Waals surface area contributed by atoms with Crippen molar-refractivity contribution in [2.75, 3.05) is 19.4 Å². The van der Waals surface area contributed by atoms with Crippen molar-refractivity contribution in [1.29, 1.82) is 0 Å². The number of anilines is 1. The van der Waals surface area contributed by atoms with Gasteiger partial charge in [0.15, 0.2) is 0 Å². The van der Waals surface area contributed by atoms with Crippen LogP contribution in [0.4, 0.5) is 5.82 Å². The van der Waals surface area contributed by atoms with Gasteiger partial charge in [-0.1, -0.05) is 6.07 Å². The fourth-order valence-electron chi connectivity index (χ4n) is 2.61. The van der Waals surface area contributed by atoms with Gasteiger partial charge in [-0.05, 0) is 36.8 Å². The molecule has 0 radical (unpaired) electrons. The van der Waals surface area contributed by atoms with E-state index in [-0.39, 0.29) is 30.0 Å². The van der Waals surface area contributed by atoms with Gasteiger partial charge in [0.05, 0.1) is 23.9 Å². The molecule has 8 nitrogen and oxygen atoms in total. The number of nitrogens with zero attached hydrogens (tertiary/aromatic N) is 2. The fourth-order valence-corrected chi connectivity index (χ4v) is 4.28. The zero-order chi connectivity index (χ0) is 18.9. The summed E-state index contributed by atoms with van der Waals surface area (Å²) in [6.45, 7) is 1.89. The number of imide groups is 1. The van der Waals surface area contributed by atoms with E-state index in [1.165, 1.54) is 31.4 Å². The Morgan fingerprint density at radius 2 is 1.88 bits per heavy atom. The molecule has 9 heteroatoms. The maximum atomic E-state index is 13.1. The average molecular weight is 375 g/mol. The highest BCUT2D eigenvalue weighted by Gasteiger charge is 2.34. The van der Waals surface area contributed by atoms with Crippen molar-refractivity contribution in [3.05, 3.63) is 53.2 Å². The second-order valence-electron chi connectivity index (χ2n) is 5.75. The molecule has 2 amide bonds. The number of nitrogen functional groups attached to an aromatic ring is 1. The number of pyridine rings is 1. The Balaban J connectivity index is 1.87. The quantitative estimate of drug-likeness (QED) is 0.610. The van der Waals surface area contributed by atoms with Crippen molar-refractivity contribution in [3.63, 3.8) is 0 Å². The molecule has 1 atom stereocenters. The Morgan fingerprint density at radius 3 is 2.54 bits per heavy atom. The van der Waals surface area contributed by atoms with Crippen molar-refractivity contribution in [1.82, 2.24) is 9.88 Å². The molecule has 0 saturated heterocycles. The topological polar surface area (TPSA) is 112 Å². The van der Waals surface area contributed by atoms with Crippen LogP contribution in [0.5, 0.6) is 5.75 Å². The predicted octanol–water partition coefficient (Wildman–Crippen LogP) is 2.70. The first-order valence-electron chi connectivity index (χ1n) is 7.93. The number of amides is 2. The minimum Gasteiger partial charge on any atom is -0.424 e. The number of fused-ring (bicyclic) bond motifs is 1. The molecule has 3 rings (SSSR count). The van der Waals surface area contributed by atoms with Gasteiger partial charge < -0.3 is 10.3 Å². The van der Waals surface area contributed by atoms with E-state index in [0.29, 0.717) is 16.9 Å². The Bertz CT molecular complexity index is 913. The van der Waals surface area contributed by atoms with Crippen LogP contribution in [0.25, 0.3) is 0 Å². The smallest absolute Gasteiger partial charge is 0.383 e. The van der Waals surface area contributed by atoms with Crippen molar-refractivity contribution >= 4 is 25.2 Å². The SMILES string of the molecule is CCOP(=O)(Cc1ccc(N)nc1)Oc1ccc2c(c1)C(=O)N(C)C2=O. The molecule has 0 bridgehead atoms. The van der Waals surface area contributed by atoms with Crippen LogP contribution >= 0.6 is 7.60 Å². The van der Waals surface area contributed by atoms with E-state index >= 15 is 0 Å². The van der Waals surface area contributed by atoms with E-state index in [4.69, 9.17) is 14.8 Å². The minimum atomic E-state index is -3.54. The maximum Gasteiger partial charge on any atom is 0.383 e. The molecule has 0 saturated carbocycles. The highest BCUT2D eigenvalue weighted by molar-refractivity contribution is 7.53. The summed E-state index contributed by atoms with van der Waals surface area (Å²) in [6.07, 6.45) is 1.50. The third-order valence-electron chi connectivity index (χ3n) is 3.86. The number of benzene rings is 1. The first-order chi connectivity index (χ1) is 12.3. The first-order valence-corrected chi connectivity index (χ1v) is 9.66. The summed E-state index contributed by atoms with van der Waals surface area (Å²) in [5.41, 5.74) is 6.70. The molecular weight excluding hydrogens is 357 g/mol. The van der Waals surface area contributed by atoms with Crippen molar-refractivity contribution < 1.29 is 23.2 Å². The molecule has 1 aromatic heterocycles. The highest BCUT2D eigenvalue weighted by Crippen LogP contribution is 2.51. The number of aromatic nitrogens is 1. The average Bonchev–Trinajstić information content (AvgIpc) is 2.81. The molecule has 2 aromatic rings. The lowest BCUT2D eigenvalue weighted by atomic mass is 10.1. The van der Waals surface area contributed by atoms with E-state index in [9.17, 15) is 14.2 Å². The molecule has 0 spiro atoms. The lowest BCUT2D eigenvalue weighted by molar-refractivity contribution is 0.0693. The van der Waals surface area contributed by atoms with Gasteiger partial charge in [0.2, 0.25) is 0 Å². The van der Waals surface area contributed by atoms with Gasteiger partial charge in [-0.3, -0.25) is 19.0 Å². The fraction of sp³-hybridized carbons (Fsp3) is 0.235. The summed E-state index contributed by atoms with van der Waals surface area (Å²) in [5.74, 6) is -0.255. The molecule has 1 aliphatic rings. The number of carbonyl (C=O) groups is 2. The molecule has 1 aliphatic heterocycles. The molecule has 1 aromatic carbocycles. The zero-order valence-corrected chi connectivity index (χ0v) is 15.2. The second-order valence-corrected chi connectivity index (χ2v) is 7.72. The summed E-state index contributed by atoms with van der Waals surface area (Å²) in [7, 11) is -2.14. The van der Waals surface area contributed by atoms with Crippen molar-refractivity contribution in [3.8, 4) is 5.75 Å². The van der Waals surface area contributed by atoms with E-state index in [2.05, 4.69) is 4.98 Å². The van der Waals surface area contributed by atoms with Crippen LogP contribution < -0.4 is 10.3 Å². The van der Waals surface area contributed by atoms with Crippen LogP contribution in [0, 0.1) is 0 Å². The molecule has 2 heterocycles. The third kappa shape index (κ3) is 3.47. The van der Waals surface area contributed by atoms with Gasteiger partial charge in [-0.25, -0.2) is 9.55 Å². The predicted molar refractivity (Wildman–Crippen MR) is 95.1 cm³/mol. The lowest BCUT2D eigenvalue weighted by Crippen LogP contribution is -2.24. The van der Waals surface area contributed by atoms with Gasteiger partial charge in [-0.15, -0.1) is 0 Å². The van der Waals surface area contributed by atoms with Gasteiger partial charge in [-0.2, -0.15) is 0 Å². The normalized spacial score (nSPS) is 15.7. The van der Waals surface area contributed by atoms with E-state index in [1.807, 2.05) is 0 Å². The summed E-state index contributed by atoms with van der Waals surface area (Å²) in [4.78, 5) is 29.0. The summed E-state index contributed by atoms with van der Waals surface area (Å²) in [6, 6.07) is 7.68. The highest BCUT2D eigenvalue weighted by atomic mass is 31.2. The molecular formula is C17H18N3O5P. The zero-order valence-electron chi connectivity index (χ0n) is 14.3.